The van der Waals surface area contributed by atoms with Crippen molar-refractivity contribution in [2.45, 2.75) is 32.4 Å². The van der Waals surface area contributed by atoms with E-state index in [0.29, 0.717) is 22.2 Å². The number of hydrogen-bond acceptors (Lipinski definition) is 2. The van der Waals surface area contributed by atoms with Crippen molar-refractivity contribution in [2.75, 3.05) is 13.1 Å². The highest BCUT2D eigenvalue weighted by Crippen LogP contribution is 2.27. The molecule has 0 saturated carbocycles. The topological polar surface area (TPSA) is 32.3 Å². The van der Waals surface area contributed by atoms with Crippen LogP contribution < -0.4 is 5.32 Å². The Bertz CT molecular complexity index is 789. The molecule has 0 aromatic heterocycles. The fraction of sp³-hybridized carbons (Fsp3) is 0.350. The first kappa shape index (κ1) is 18.2. The fourth-order valence-electron chi connectivity index (χ4n) is 3.20. The summed E-state index contributed by atoms with van der Waals surface area (Å²) in [6.07, 6.45) is 1.04. The molecule has 2 aromatic rings. The number of fused-ring (bicyclic) bond motifs is 1. The van der Waals surface area contributed by atoms with E-state index < -0.39 is 0 Å². The highest BCUT2D eigenvalue weighted by Gasteiger charge is 2.30. The van der Waals surface area contributed by atoms with E-state index in [-0.39, 0.29) is 11.4 Å². The van der Waals surface area contributed by atoms with Crippen molar-refractivity contribution in [2.24, 2.45) is 0 Å². The summed E-state index contributed by atoms with van der Waals surface area (Å²) in [5, 5.41) is 3.69. The zero-order valence-electron chi connectivity index (χ0n) is 14.5. The number of hydrogen-bond donors (Lipinski definition) is 1. The molecule has 0 bridgehead atoms. The standard InChI is InChI=1S/C20H22Cl2N2O/c1-20(2,24-11-10-14-6-3-4-7-15(14)12-24)13-23-19(25)16-8-5-9-17(21)18(16)22/h3-9H,10-13H2,1-2H3,(H,23,25). The molecule has 0 unspecified atom stereocenters. The summed E-state index contributed by atoms with van der Waals surface area (Å²) < 4.78 is 0. The molecular formula is C20H22Cl2N2O. The fourth-order valence-corrected chi connectivity index (χ4v) is 3.58. The first-order valence-electron chi connectivity index (χ1n) is 8.42. The van der Waals surface area contributed by atoms with Gasteiger partial charge in [-0.05, 0) is 43.5 Å². The molecule has 1 heterocycles. The Kier molecular flexibility index (Phi) is 5.38. The van der Waals surface area contributed by atoms with Crippen molar-refractivity contribution in [3.63, 3.8) is 0 Å². The van der Waals surface area contributed by atoms with Gasteiger partial charge in [0.25, 0.3) is 5.91 Å². The number of amides is 1. The normalized spacial score (nSPS) is 14.9. The highest BCUT2D eigenvalue weighted by atomic mass is 35.5. The molecule has 1 N–H and O–H groups in total. The molecular weight excluding hydrogens is 355 g/mol. The van der Waals surface area contributed by atoms with Gasteiger partial charge in [0.15, 0.2) is 0 Å². The number of halogens is 2. The van der Waals surface area contributed by atoms with Crippen LogP contribution in [0.2, 0.25) is 10.0 Å². The molecule has 1 aliphatic rings. The smallest absolute Gasteiger partial charge is 0.252 e. The molecule has 0 aliphatic carbocycles. The molecule has 25 heavy (non-hydrogen) atoms. The predicted molar refractivity (Wildman–Crippen MR) is 103 cm³/mol. The minimum Gasteiger partial charge on any atom is -0.350 e. The molecule has 1 aliphatic heterocycles. The molecule has 132 valence electrons. The van der Waals surface area contributed by atoms with E-state index >= 15 is 0 Å². The van der Waals surface area contributed by atoms with Crippen LogP contribution in [-0.4, -0.2) is 29.4 Å². The van der Waals surface area contributed by atoms with Crippen LogP contribution in [0.3, 0.4) is 0 Å². The van der Waals surface area contributed by atoms with E-state index in [1.165, 1.54) is 11.1 Å². The molecule has 1 amide bonds. The van der Waals surface area contributed by atoms with Crippen molar-refractivity contribution in [1.29, 1.82) is 0 Å². The first-order chi connectivity index (χ1) is 11.9. The number of nitrogens with zero attached hydrogens (tertiary/aromatic N) is 1. The van der Waals surface area contributed by atoms with Gasteiger partial charge >= 0.3 is 0 Å². The Morgan fingerprint density at radius 1 is 1.12 bits per heavy atom. The molecule has 0 fully saturated rings. The monoisotopic (exact) mass is 376 g/mol. The van der Waals surface area contributed by atoms with Crippen LogP contribution in [0.1, 0.15) is 35.3 Å². The zero-order chi connectivity index (χ0) is 18.0. The van der Waals surface area contributed by atoms with E-state index in [1.54, 1.807) is 18.2 Å². The van der Waals surface area contributed by atoms with Gasteiger partial charge in [0.2, 0.25) is 0 Å². The van der Waals surface area contributed by atoms with Gasteiger partial charge in [-0.15, -0.1) is 0 Å². The predicted octanol–water partition coefficient (Wildman–Crippen LogP) is 4.56. The van der Waals surface area contributed by atoms with Gasteiger partial charge in [-0.2, -0.15) is 0 Å². The van der Waals surface area contributed by atoms with E-state index in [0.717, 1.165) is 19.5 Å². The Morgan fingerprint density at radius 3 is 2.60 bits per heavy atom. The second kappa shape index (κ2) is 7.36. The van der Waals surface area contributed by atoms with E-state index in [4.69, 9.17) is 23.2 Å². The molecule has 0 atom stereocenters. The Labute approximate surface area is 158 Å². The lowest BCUT2D eigenvalue weighted by Crippen LogP contribution is -2.53. The average Bonchev–Trinajstić information content (AvgIpc) is 2.61. The molecule has 5 heteroatoms. The summed E-state index contributed by atoms with van der Waals surface area (Å²) in [6, 6.07) is 13.6. The first-order valence-corrected chi connectivity index (χ1v) is 9.18. The van der Waals surface area contributed by atoms with E-state index in [1.807, 2.05) is 0 Å². The lowest BCUT2D eigenvalue weighted by molar-refractivity contribution is 0.0826. The lowest BCUT2D eigenvalue weighted by Gasteiger charge is -2.41. The van der Waals surface area contributed by atoms with Crippen LogP contribution in [-0.2, 0) is 13.0 Å². The quantitative estimate of drug-likeness (QED) is 0.847. The molecule has 0 spiro atoms. The van der Waals surface area contributed by atoms with Crippen LogP contribution in [0.4, 0.5) is 0 Å². The molecule has 0 radical (unpaired) electrons. The minimum absolute atomic E-state index is 0.158. The van der Waals surface area contributed by atoms with Crippen molar-refractivity contribution in [3.8, 4) is 0 Å². The maximum absolute atomic E-state index is 12.5. The number of carbonyl (C=O) groups is 1. The summed E-state index contributed by atoms with van der Waals surface area (Å²) in [5.41, 5.74) is 3.04. The maximum atomic E-state index is 12.5. The van der Waals surface area contributed by atoms with Crippen molar-refractivity contribution >= 4 is 29.1 Å². The number of nitrogens with one attached hydrogen (secondary N) is 1. The van der Waals surface area contributed by atoms with Gasteiger partial charge in [0.05, 0.1) is 15.6 Å². The van der Waals surface area contributed by atoms with Gasteiger partial charge in [0, 0.05) is 25.2 Å². The Morgan fingerprint density at radius 2 is 1.84 bits per heavy atom. The lowest BCUT2D eigenvalue weighted by atomic mass is 9.94. The van der Waals surface area contributed by atoms with Crippen molar-refractivity contribution < 1.29 is 4.79 Å². The van der Waals surface area contributed by atoms with Crippen LogP contribution >= 0.6 is 23.2 Å². The van der Waals surface area contributed by atoms with Crippen molar-refractivity contribution in [3.05, 3.63) is 69.2 Å². The van der Waals surface area contributed by atoms with Crippen molar-refractivity contribution in [1.82, 2.24) is 10.2 Å². The second-order valence-corrected chi connectivity index (χ2v) is 7.82. The van der Waals surface area contributed by atoms with Gasteiger partial charge in [-0.3, -0.25) is 9.69 Å². The number of carbonyl (C=O) groups excluding carboxylic acids is 1. The maximum Gasteiger partial charge on any atom is 0.252 e. The third kappa shape index (κ3) is 4.00. The third-order valence-electron chi connectivity index (χ3n) is 4.86. The van der Waals surface area contributed by atoms with Crippen LogP contribution in [0, 0.1) is 0 Å². The summed E-state index contributed by atoms with van der Waals surface area (Å²) in [4.78, 5) is 14.9. The highest BCUT2D eigenvalue weighted by molar-refractivity contribution is 6.43. The van der Waals surface area contributed by atoms with Crippen LogP contribution in [0.15, 0.2) is 42.5 Å². The minimum atomic E-state index is -0.196. The molecule has 3 rings (SSSR count). The van der Waals surface area contributed by atoms with Gasteiger partial charge < -0.3 is 5.32 Å². The van der Waals surface area contributed by atoms with Gasteiger partial charge in [0.1, 0.15) is 0 Å². The Hall–Kier alpha value is -1.55. The van der Waals surface area contributed by atoms with E-state index in [2.05, 4.69) is 48.3 Å². The molecule has 3 nitrogen and oxygen atoms in total. The SMILES string of the molecule is CC(C)(CNC(=O)c1cccc(Cl)c1Cl)N1CCc2ccccc2C1. The molecule has 0 saturated heterocycles. The van der Waals surface area contributed by atoms with Crippen LogP contribution in [0.25, 0.3) is 0 Å². The second-order valence-electron chi connectivity index (χ2n) is 7.04. The summed E-state index contributed by atoms with van der Waals surface area (Å²) in [7, 11) is 0. The van der Waals surface area contributed by atoms with Gasteiger partial charge in [-0.1, -0.05) is 53.5 Å². The molecule has 2 aromatic carbocycles. The van der Waals surface area contributed by atoms with E-state index in [9.17, 15) is 4.79 Å². The summed E-state index contributed by atoms with van der Waals surface area (Å²) in [6.45, 7) is 6.73. The van der Waals surface area contributed by atoms with Crippen LogP contribution in [0.5, 0.6) is 0 Å². The number of rotatable bonds is 4. The zero-order valence-corrected chi connectivity index (χ0v) is 16.0. The third-order valence-corrected chi connectivity index (χ3v) is 5.68. The summed E-state index contributed by atoms with van der Waals surface area (Å²) >= 11 is 12.1. The van der Waals surface area contributed by atoms with Gasteiger partial charge in [-0.25, -0.2) is 0 Å². The largest absolute Gasteiger partial charge is 0.350 e. The average molecular weight is 377 g/mol. The summed E-state index contributed by atoms with van der Waals surface area (Å²) in [5.74, 6) is -0.196. The number of benzene rings is 2. The Balaban J connectivity index is 1.66.